The lowest BCUT2D eigenvalue weighted by Crippen LogP contribution is -2.37. The van der Waals surface area contributed by atoms with E-state index in [0.717, 1.165) is 11.6 Å². The third-order valence-corrected chi connectivity index (χ3v) is 7.49. The Balaban J connectivity index is 1.64. The van der Waals surface area contributed by atoms with Crippen LogP contribution < -0.4 is 10.5 Å². The minimum Gasteiger partial charge on any atom is -0.465 e. The van der Waals surface area contributed by atoms with Crippen LogP contribution >= 0.6 is 11.3 Å². The van der Waals surface area contributed by atoms with E-state index >= 15 is 0 Å². The van der Waals surface area contributed by atoms with Crippen molar-refractivity contribution in [2.45, 2.75) is 32.8 Å². The second-order valence-electron chi connectivity index (χ2n) is 9.84. The Bertz CT molecular complexity index is 1660. The van der Waals surface area contributed by atoms with Gasteiger partial charge >= 0.3 is 12.3 Å². The molecule has 0 aliphatic rings. The summed E-state index contributed by atoms with van der Waals surface area (Å²) >= 11 is 1.43. The second kappa shape index (κ2) is 13.6. The van der Waals surface area contributed by atoms with Crippen LogP contribution in [0.25, 0.3) is 0 Å². The molecule has 0 bridgehead atoms. The van der Waals surface area contributed by atoms with Crippen molar-refractivity contribution in [3.63, 3.8) is 0 Å². The van der Waals surface area contributed by atoms with Gasteiger partial charge in [0.1, 0.15) is 5.75 Å². The highest BCUT2D eigenvalue weighted by atomic mass is 32.1. The van der Waals surface area contributed by atoms with Crippen LogP contribution in [0.5, 0.6) is 5.75 Å². The number of ketones is 1. The topological polar surface area (TPSA) is 121 Å². The number of nitrogens with two attached hydrogens (primary N) is 1. The number of hydrogen-bond donors (Lipinski definition) is 1. The lowest BCUT2D eigenvalue weighted by atomic mass is 10.1. The van der Waals surface area contributed by atoms with Crippen LogP contribution in [-0.2, 0) is 29.0 Å². The number of Topliss-reactive ketones (excluding diaryl/α,β-unsaturated/α-hetero) is 1. The number of aromatic nitrogens is 1. The van der Waals surface area contributed by atoms with E-state index < -0.39 is 29.8 Å². The fourth-order valence-electron chi connectivity index (χ4n) is 4.60. The average Bonchev–Trinajstić information content (AvgIpc) is 3.59. The van der Waals surface area contributed by atoms with Gasteiger partial charge < -0.3 is 24.7 Å². The number of thiophene rings is 1. The Hall–Kier alpha value is -4.91. The van der Waals surface area contributed by atoms with Crippen molar-refractivity contribution < 1.29 is 41.8 Å². The summed E-state index contributed by atoms with van der Waals surface area (Å²) in [5.41, 5.74) is 8.10. The molecule has 2 aromatic heterocycles. The molecule has 0 unspecified atom stereocenters. The molecule has 0 spiro atoms. The smallest absolute Gasteiger partial charge is 0.465 e. The van der Waals surface area contributed by atoms with Crippen LogP contribution in [0.2, 0.25) is 0 Å². The molecule has 4 aromatic rings. The van der Waals surface area contributed by atoms with E-state index in [1.807, 2.05) is 10.8 Å². The lowest BCUT2D eigenvalue weighted by molar-refractivity contribution is -0.274. The number of amides is 2. The van der Waals surface area contributed by atoms with E-state index in [2.05, 4.69) is 4.74 Å². The zero-order valence-corrected chi connectivity index (χ0v) is 24.5. The molecule has 2 heterocycles. The zero-order valence-electron chi connectivity index (χ0n) is 23.7. The summed E-state index contributed by atoms with van der Waals surface area (Å²) in [4.78, 5) is 52.6. The molecule has 0 saturated carbocycles. The number of nitrogens with zero attached hydrogens (tertiary/aromatic N) is 2. The Labute approximate surface area is 254 Å². The molecule has 2 N–H and O–H groups in total. The monoisotopic (exact) mass is 627 g/mol. The molecule has 0 atom stereocenters. The van der Waals surface area contributed by atoms with Gasteiger partial charge in [-0.05, 0) is 70.8 Å². The van der Waals surface area contributed by atoms with Crippen LogP contribution in [-0.4, -0.2) is 53.1 Å². The summed E-state index contributed by atoms with van der Waals surface area (Å²) in [6.07, 6.45) is -4.85. The SMILES string of the molecule is COC(=O)c1ccc(CN(CC(=O)c2cc(C(N)=O)c(C)n2Cc2cccc(OC(F)(F)F)c2)C(=O)Cc2ccsc2)cc1. The summed E-state index contributed by atoms with van der Waals surface area (Å²) in [5.74, 6) is -2.61. The van der Waals surface area contributed by atoms with Gasteiger partial charge in [0.05, 0.1) is 36.9 Å². The van der Waals surface area contributed by atoms with Gasteiger partial charge in [0.15, 0.2) is 5.78 Å². The summed E-state index contributed by atoms with van der Waals surface area (Å²) in [7, 11) is 1.26. The highest BCUT2D eigenvalue weighted by Crippen LogP contribution is 2.25. The standard InChI is InChI=1S/C31H28F3N3O6S/c1-19-25(29(35)40)14-26(37(19)16-21-4-3-5-24(12-21)43-31(32,33)34)27(38)17-36(28(39)13-22-10-11-44-18-22)15-20-6-8-23(9-7-20)30(41)42-2/h3-12,14,18H,13,15-17H2,1-2H3,(H2,35,40). The highest BCUT2D eigenvalue weighted by molar-refractivity contribution is 7.08. The van der Waals surface area contributed by atoms with E-state index in [0.29, 0.717) is 22.4 Å². The first-order valence-electron chi connectivity index (χ1n) is 13.2. The molecule has 0 radical (unpaired) electrons. The van der Waals surface area contributed by atoms with E-state index in [4.69, 9.17) is 10.5 Å². The van der Waals surface area contributed by atoms with Crippen molar-refractivity contribution in [1.82, 2.24) is 9.47 Å². The largest absolute Gasteiger partial charge is 0.573 e. The number of esters is 1. The number of alkyl halides is 3. The molecular formula is C31H28F3N3O6S. The second-order valence-corrected chi connectivity index (χ2v) is 10.6. The Morgan fingerprint density at radius 1 is 0.977 bits per heavy atom. The van der Waals surface area contributed by atoms with E-state index in [-0.39, 0.29) is 43.2 Å². The normalized spacial score (nSPS) is 11.2. The maximum Gasteiger partial charge on any atom is 0.573 e. The van der Waals surface area contributed by atoms with E-state index in [9.17, 15) is 32.3 Å². The number of rotatable bonds is 12. The van der Waals surface area contributed by atoms with Gasteiger partial charge in [-0.3, -0.25) is 14.4 Å². The maximum absolute atomic E-state index is 13.8. The average molecular weight is 628 g/mol. The predicted octanol–water partition coefficient (Wildman–Crippen LogP) is 5.14. The number of primary amides is 1. The first-order valence-corrected chi connectivity index (χ1v) is 14.1. The van der Waals surface area contributed by atoms with Crippen molar-refractivity contribution in [3.05, 3.63) is 111 Å². The number of hydrogen-bond acceptors (Lipinski definition) is 7. The van der Waals surface area contributed by atoms with E-state index in [1.165, 1.54) is 46.1 Å². The van der Waals surface area contributed by atoms with Crippen LogP contribution in [0.4, 0.5) is 13.2 Å². The number of halogens is 3. The van der Waals surface area contributed by atoms with Gasteiger partial charge in [0.2, 0.25) is 5.91 Å². The molecule has 230 valence electrons. The molecule has 0 aliphatic heterocycles. The Kier molecular flexibility index (Phi) is 9.89. The van der Waals surface area contributed by atoms with E-state index in [1.54, 1.807) is 43.3 Å². The summed E-state index contributed by atoms with van der Waals surface area (Å²) in [5, 5.41) is 3.66. The third-order valence-electron chi connectivity index (χ3n) is 6.76. The third kappa shape index (κ3) is 8.13. The highest BCUT2D eigenvalue weighted by Gasteiger charge is 2.31. The van der Waals surface area contributed by atoms with Gasteiger partial charge in [-0.2, -0.15) is 11.3 Å². The van der Waals surface area contributed by atoms with Crippen molar-refractivity contribution in [2.75, 3.05) is 13.7 Å². The van der Waals surface area contributed by atoms with Crippen LogP contribution in [0.15, 0.2) is 71.4 Å². The number of methoxy groups -OCH3 is 1. The quantitative estimate of drug-likeness (QED) is 0.172. The van der Waals surface area contributed by atoms with Gasteiger partial charge in [-0.25, -0.2) is 4.79 Å². The summed E-state index contributed by atoms with van der Waals surface area (Å²) < 4.78 is 48.6. The molecular weight excluding hydrogens is 599 g/mol. The lowest BCUT2D eigenvalue weighted by Gasteiger charge is -2.23. The first kappa shape index (κ1) is 32.0. The summed E-state index contributed by atoms with van der Waals surface area (Å²) in [6.45, 7) is 1.15. The van der Waals surface area contributed by atoms with Gasteiger partial charge in [0.25, 0.3) is 5.91 Å². The van der Waals surface area contributed by atoms with Gasteiger partial charge in [-0.15, -0.1) is 13.2 Å². The molecule has 2 amide bonds. The predicted molar refractivity (Wildman–Crippen MR) is 155 cm³/mol. The molecule has 2 aromatic carbocycles. The van der Waals surface area contributed by atoms with Crippen LogP contribution in [0.1, 0.15) is 53.6 Å². The van der Waals surface area contributed by atoms with Crippen molar-refractivity contribution >= 4 is 34.9 Å². The van der Waals surface area contributed by atoms with Crippen molar-refractivity contribution in [3.8, 4) is 5.75 Å². The van der Waals surface area contributed by atoms with Crippen molar-refractivity contribution in [2.24, 2.45) is 5.73 Å². The molecule has 0 fully saturated rings. The molecule has 44 heavy (non-hydrogen) atoms. The Morgan fingerprint density at radius 3 is 2.32 bits per heavy atom. The molecule has 13 heteroatoms. The fourth-order valence-corrected chi connectivity index (χ4v) is 5.27. The van der Waals surface area contributed by atoms with Crippen molar-refractivity contribution in [1.29, 1.82) is 0 Å². The maximum atomic E-state index is 13.8. The molecule has 4 rings (SSSR count). The molecule has 0 saturated heterocycles. The molecule has 9 nitrogen and oxygen atoms in total. The number of carbonyl (C=O) groups excluding carboxylic acids is 4. The van der Waals surface area contributed by atoms with Gasteiger partial charge in [-0.1, -0.05) is 24.3 Å². The Morgan fingerprint density at radius 2 is 1.70 bits per heavy atom. The fraction of sp³-hybridized carbons (Fsp3) is 0.226. The van der Waals surface area contributed by atoms with Gasteiger partial charge in [0, 0.05) is 18.8 Å². The zero-order chi connectivity index (χ0) is 32.0. The minimum absolute atomic E-state index is 0.0371. The van der Waals surface area contributed by atoms with Crippen LogP contribution in [0, 0.1) is 6.92 Å². The van der Waals surface area contributed by atoms with Crippen LogP contribution in [0.3, 0.4) is 0 Å². The number of ether oxygens (including phenoxy) is 2. The summed E-state index contributed by atoms with van der Waals surface area (Å²) in [6, 6.07) is 14.8. The first-order chi connectivity index (χ1) is 20.8. The number of carbonyl (C=O) groups is 4. The number of benzene rings is 2. The minimum atomic E-state index is -4.89. The molecule has 0 aliphatic carbocycles.